The number of nitrogens with one attached hydrogen (secondary N) is 2. The number of likely N-dealkylation sites (N-methyl/N-ethyl adjacent to an activating group) is 1. The molecule has 0 saturated carbocycles. The third kappa shape index (κ3) is 16.2. The van der Waals surface area contributed by atoms with Crippen LogP contribution in [0.5, 0.6) is 0 Å². The van der Waals surface area contributed by atoms with Gasteiger partial charge in [-0.2, -0.15) is 0 Å². The first-order valence-corrected chi connectivity index (χ1v) is 7.07. The molecule has 0 bridgehead atoms. The fourth-order valence-corrected chi connectivity index (χ4v) is 1.25. The molecule has 0 radical (unpaired) electrons. The molecule has 142 valence electrons. The van der Waals surface area contributed by atoms with Crippen molar-refractivity contribution in [2.45, 2.75) is 6.92 Å². The van der Waals surface area contributed by atoms with E-state index in [2.05, 4.69) is 22.4 Å². The number of hydrogen-bond acceptors (Lipinski definition) is 8. The van der Waals surface area contributed by atoms with Gasteiger partial charge in [0.15, 0.2) is 0 Å². The summed E-state index contributed by atoms with van der Waals surface area (Å²) in [5.74, 6) is 0.123. The van der Waals surface area contributed by atoms with Gasteiger partial charge in [-0.15, -0.1) is 0 Å². The number of hydrogen-bond donors (Lipinski definition) is 2. The number of rotatable bonds is 13. The first kappa shape index (κ1) is 28.7. The molecule has 9 nitrogen and oxygen atoms in total. The van der Waals surface area contributed by atoms with Crippen LogP contribution in [0.15, 0.2) is 17.4 Å². The largest absolute Gasteiger partial charge is 2.00 e. The smallest absolute Gasteiger partial charge is 0.492 e. The van der Waals surface area contributed by atoms with Crippen LogP contribution < -0.4 is 5.43 Å². The summed E-state index contributed by atoms with van der Waals surface area (Å²) < 4.78 is 20.6. The van der Waals surface area contributed by atoms with Gasteiger partial charge in [-0.1, -0.05) is 13.6 Å². The van der Waals surface area contributed by atoms with Gasteiger partial charge in [0.1, 0.15) is 24.7 Å². The molecule has 0 amide bonds. The number of esters is 1. The Hall–Kier alpha value is -1.08. The number of nitrogens with zero attached hydrogens (tertiary/aromatic N) is 2. The Morgan fingerprint density at radius 3 is 2.04 bits per heavy atom. The molecule has 0 atom stereocenters. The van der Waals surface area contributed by atoms with E-state index in [1.165, 1.54) is 6.92 Å². The predicted molar refractivity (Wildman–Crippen MR) is 93.3 cm³/mol. The van der Waals surface area contributed by atoms with Crippen LogP contribution in [0.4, 0.5) is 0 Å². The maximum Gasteiger partial charge on any atom is 2.00 e. The molecule has 0 aromatic rings. The van der Waals surface area contributed by atoms with Gasteiger partial charge in [0.2, 0.25) is 0 Å². The molecule has 0 rings (SSSR count). The molecule has 0 unspecified atom stereocenters. The first-order valence-electron chi connectivity index (χ1n) is 7.07. The van der Waals surface area contributed by atoms with Crippen molar-refractivity contribution in [2.75, 3.05) is 53.7 Å². The SMILES string of the molecule is C=C(OCCOCCOCCOC(=O)C(C)=N)/C(=N/NC)[N-]C.[CH3-].[U+2]. The third-order valence-electron chi connectivity index (χ3n) is 2.32. The zero-order valence-corrected chi connectivity index (χ0v) is 19.5. The van der Waals surface area contributed by atoms with Crippen LogP contribution in [0.2, 0.25) is 0 Å². The Morgan fingerprint density at radius 2 is 1.60 bits per heavy atom. The standard InChI is InChI=1S/C14H26N4O5.CH3.U/c1-11(15)14(19)23-10-8-21-6-5-20-7-9-22-12(2)13(16-3)18-17-4;;/h2,5-10H2,1,3-4H3,(H3,15,16,17,18,19);1H3;/q;-1;+2/p-1. The van der Waals surface area contributed by atoms with Crippen molar-refractivity contribution in [3.63, 3.8) is 0 Å². The summed E-state index contributed by atoms with van der Waals surface area (Å²) >= 11 is 0. The van der Waals surface area contributed by atoms with E-state index in [0.717, 1.165) is 0 Å². The van der Waals surface area contributed by atoms with Gasteiger partial charge in [0.25, 0.3) is 0 Å². The Kier molecular flexibility index (Phi) is 22.1. The molecule has 2 N–H and O–H groups in total. The number of carbonyl (C=O) groups excluding carboxylic acids is 1. The van der Waals surface area contributed by atoms with E-state index in [9.17, 15) is 4.79 Å². The molecule has 0 fully saturated rings. The fraction of sp³-hybridized carbons (Fsp3) is 0.600. The van der Waals surface area contributed by atoms with Gasteiger partial charge in [-0.05, 0) is 12.8 Å². The number of carbonyl (C=O) groups is 1. The Morgan fingerprint density at radius 1 is 1.12 bits per heavy atom. The van der Waals surface area contributed by atoms with E-state index < -0.39 is 5.97 Å². The second-order valence-electron chi connectivity index (χ2n) is 4.14. The zero-order chi connectivity index (χ0) is 17.5. The van der Waals surface area contributed by atoms with Crippen LogP contribution in [-0.4, -0.2) is 71.3 Å². The topological polar surface area (TPSA) is 116 Å². The molecular weight excluding hydrogens is 554 g/mol. The molecule has 0 spiro atoms. The summed E-state index contributed by atoms with van der Waals surface area (Å²) in [4.78, 5) is 10.9. The van der Waals surface area contributed by atoms with Crippen molar-refractivity contribution in [2.24, 2.45) is 5.10 Å². The van der Waals surface area contributed by atoms with Crippen LogP contribution in [0, 0.1) is 43.9 Å². The number of amidine groups is 1. The second-order valence-corrected chi connectivity index (χ2v) is 4.14. The normalized spacial score (nSPS) is 9.96. The van der Waals surface area contributed by atoms with Gasteiger partial charge < -0.3 is 42.2 Å². The summed E-state index contributed by atoms with van der Waals surface area (Å²) in [5, 5.41) is 14.8. The summed E-state index contributed by atoms with van der Waals surface area (Å²) in [7, 11) is 3.26. The maximum atomic E-state index is 10.9. The quantitative estimate of drug-likeness (QED) is 0.0640. The molecule has 0 saturated heterocycles. The van der Waals surface area contributed by atoms with E-state index in [1.807, 2.05) is 0 Å². The van der Waals surface area contributed by atoms with Gasteiger partial charge in [0.05, 0.1) is 26.4 Å². The second kappa shape index (κ2) is 19.2. The van der Waals surface area contributed by atoms with Crippen LogP contribution in [0.1, 0.15) is 6.92 Å². The average Bonchev–Trinajstić information content (AvgIpc) is 2.53. The third-order valence-corrected chi connectivity index (χ3v) is 2.32. The average molecular weight is 582 g/mol. The number of hydrazone groups is 1. The minimum Gasteiger partial charge on any atom is -0.492 e. The van der Waals surface area contributed by atoms with Crippen LogP contribution in [0.25, 0.3) is 5.32 Å². The number of ether oxygens (including phenoxy) is 4. The molecule has 0 aliphatic carbocycles. The van der Waals surface area contributed by atoms with Crippen molar-refractivity contribution >= 4 is 17.5 Å². The summed E-state index contributed by atoms with van der Waals surface area (Å²) in [6.07, 6.45) is 0. The minimum atomic E-state index is -0.637. The van der Waals surface area contributed by atoms with Gasteiger partial charge in [0, 0.05) is 7.05 Å². The van der Waals surface area contributed by atoms with Gasteiger partial charge >= 0.3 is 37.1 Å². The van der Waals surface area contributed by atoms with Crippen LogP contribution in [0.3, 0.4) is 0 Å². The van der Waals surface area contributed by atoms with E-state index >= 15 is 0 Å². The van der Waals surface area contributed by atoms with Gasteiger partial charge in [-0.3, -0.25) is 5.41 Å². The van der Waals surface area contributed by atoms with Crippen LogP contribution in [-0.2, 0) is 23.7 Å². The fourth-order valence-electron chi connectivity index (χ4n) is 1.25. The van der Waals surface area contributed by atoms with Crippen molar-refractivity contribution in [1.29, 1.82) is 5.41 Å². The molecule has 0 aliphatic rings. The van der Waals surface area contributed by atoms with Crippen molar-refractivity contribution in [3.05, 3.63) is 25.1 Å². The van der Waals surface area contributed by atoms with Crippen molar-refractivity contribution < 1.29 is 54.9 Å². The van der Waals surface area contributed by atoms with E-state index in [1.54, 1.807) is 14.1 Å². The summed E-state index contributed by atoms with van der Waals surface area (Å²) in [6.45, 7) is 6.93. The van der Waals surface area contributed by atoms with Gasteiger partial charge in [-0.25, -0.2) is 4.79 Å². The van der Waals surface area contributed by atoms with Crippen molar-refractivity contribution in [3.8, 4) is 0 Å². The van der Waals surface area contributed by atoms with E-state index in [4.69, 9.17) is 24.4 Å². The Balaban J connectivity index is -0.00000242. The Labute approximate surface area is 173 Å². The molecular formula is C15H28N4O5U. The first-order chi connectivity index (χ1) is 11.0. The molecule has 0 heterocycles. The minimum absolute atomic E-state index is 0. The van der Waals surface area contributed by atoms with E-state index in [-0.39, 0.29) is 57.5 Å². The summed E-state index contributed by atoms with van der Waals surface area (Å²) in [6, 6.07) is 0. The molecule has 10 heteroatoms. The molecule has 0 aromatic carbocycles. The summed E-state index contributed by atoms with van der Waals surface area (Å²) in [5.41, 5.74) is 2.48. The zero-order valence-electron chi connectivity index (χ0n) is 15.4. The predicted octanol–water partition coefficient (Wildman–Crippen LogP) is 1.12. The van der Waals surface area contributed by atoms with E-state index in [0.29, 0.717) is 38.0 Å². The molecule has 25 heavy (non-hydrogen) atoms. The Bertz CT molecular complexity index is 419. The maximum absolute atomic E-state index is 10.9. The molecule has 0 aromatic heterocycles. The monoisotopic (exact) mass is 582 g/mol. The molecule has 0 aliphatic heterocycles. The van der Waals surface area contributed by atoms with Crippen LogP contribution >= 0.6 is 0 Å². The van der Waals surface area contributed by atoms with Crippen molar-refractivity contribution in [1.82, 2.24) is 5.43 Å².